The third kappa shape index (κ3) is 4.98. The first-order valence-electron chi connectivity index (χ1n) is 11.3. The minimum atomic E-state index is -0.664. The molecular formula is C25H30FN5O3. The summed E-state index contributed by atoms with van der Waals surface area (Å²) in [7, 11) is 1.60. The van der Waals surface area contributed by atoms with Crippen LogP contribution in [-0.4, -0.2) is 41.5 Å². The largest absolute Gasteiger partial charge is 0.496 e. The highest BCUT2D eigenvalue weighted by atomic mass is 19.1. The molecule has 8 nitrogen and oxygen atoms in total. The van der Waals surface area contributed by atoms with E-state index in [4.69, 9.17) is 10.5 Å². The molecule has 3 aromatic rings. The number of fused-ring (bicyclic) bond motifs is 1. The number of hydrogen-bond acceptors (Lipinski definition) is 5. The van der Waals surface area contributed by atoms with Crippen molar-refractivity contribution in [3.63, 3.8) is 0 Å². The van der Waals surface area contributed by atoms with Crippen LogP contribution in [0.15, 0.2) is 36.5 Å². The first kappa shape index (κ1) is 23.5. The van der Waals surface area contributed by atoms with E-state index in [1.54, 1.807) is 13.2 Å². The Morgan fingerprint density at radius 1 is 1.29 bits per heavy atom. The Kier molecular flexibility index (Phi) is 6.45. The van der Waals surface area contributed by atoms with Gasteiger partial charge >= 0.3 is 0 Å². The number of benzene rings is 1. The molecule has 1 aliphatic carbocycles. The van der Waals surface area contributed by atoms with Crippen LogP contribution in [0.25, 0.3) is 10.9 Å². The monoisotopic (exact) mass is 467 g/mol. The molecular weight excluding hydrogens is 437 g/mol. The Bertz CT molecular complexity index is 1220. The summed E-state index contributed by atoms with van der Waals surface area (Å²) in [6, 6.07) is 8.51. The second-order valence-corrected chi connectivity index (χ2v) is 9.65. The van der Waals surface area contributed by atoms with Gasteiger partial charge in [0.1, 0.15) is 17.1 Å². The number of nitrogen functional groups attached to an aromatic ring is 1. The van der Waals surface area contributed by atoms with Gasteiger partial charge in [0.25, 0.3) is 11.8 Å². The van der Waals surface area contributed by atoms with Crippen molar-refractivity contribution >= 4 is 28.4 Å². The minimum absolute atomic E-state index is 0.0216. The molecule has 2 heterocycles. The maximum absolute atomic E-state index is 13.4. The van der Waals surface area contributed by atoms with Gasteiger partial charge in [0, 0.05) is 23.5 Å². The quantitative estimate of drug-likeness (QED) is 0.441. The topological polar surface area (TPSA) is 122 Å². The predicted octanol–water partition coefficient (Wildman–Crippen LogP) is 3.65. The van der Waals surface area contributed by atoms with Gasteiger partial charge in [0.2, 0.25) is 0 Å². The van der Waals surface area contributed by atoms with E-state index in [0.717, 1.165) is 36.4 Å². The smallest absolute Gasteiger partial charge is 0.269 e. The van der Waals surface area contributed by atoms with Crippen LogP contribution in [0.1, 0.15) is 54.1 Å². The number of aromatic nitrogens is 2. The first-order chi connectivity index (χ1) is 16.2. The van der Waals surface area contributed by atoms with Crippen molar-refractivity contribution in [2.75, 3.05) is 19.4 Å². The van der Waals surface area contributed by atoms with E-state index in [0.29, 0.717) is 18.0 Å². The fraction of sp³-hybridized carbons (Fsp3) is 0.400. The van der Waals surface area contributed by atoms with Crippen LogP contribution in [0.2, 0.25) is 0 Å². The number of amides is 2. The zero-order valence-electron chi connectivity index (χ0n) is 19.6. The minimum Gasteiger partial charge on any atom is -0.496 e. The van der Waals surface area contributed by atoms with E-state index in [9.17, 15) is 14.0 Å². The van der Waals surface area contributed by atoms with E-state index in [-0.39, 0.29) is 34.7 Å². The summed E-state index contributed by atoms with van der Waals surface area (Å²) in [6.07, 6.45) is 3.52. The van der Waals surface area contributed by atoms with E-state index in [1.165, 1.54) is 6.07 Å². The van der Waals surface area contributed by atoms with Gasteiger partial charge in [-0.15, -0.1) is 0 Å². The van der Waals surface area contributed by atoms with E-state index in [2.05, 4.69) is 34.4 Å². The third-order valence-corrected chi connectivity index (χ3v) is 6.56. The standard InChI is InChI=1S/C25H30FN5O3/c1-25(2)8-7-18(14(11-25)12-29-23(32)20-10-17(27)16(26)13-28-20)31-24(33)21-9-15-19(30-21)5-4-6-22(15)34-3/h4-6,9-10,13-14,18,30H,7-8,11-12H2,1-3H3,(H2,27,28)(H,29,32)(H,31,33). The van der Waals surface area contributed by atoms with E-state index < -0.39 is 11.7 Å². The number of anilines is 1. The number of hydrogen-bond donors (Lipinski definition) is 4. The summed E-state index contributed by atoms with van der Waals surface area (Å²) in [5, 5.41) is 6.87. The highest BCUT2D eigenvalue weighted by Crippen LogP contribution is 2.38. The maximum atomic E-state index is 13.4. The highest BCUT2D eigenvalue weighted by molar-refractivity contribution is 5.99. The predicted molar refractivity (Wildman–Crippen MR) is 128 cm³/mol. The van der Waals surface area contributed by atoms with Gasteiger partial charge in [-0.2, -0.15) is 0 Å². The maximum Gasteiger partial charge on any atom is 0.269 e. The Morgan fingerprint density at radius 3 is 2.82 bits per heavy atom. The Balaban J connectivity index is 1.46. The molecule has 180 valence electrons. The number of aromatic amines is 1. The van der Waals surface area contributed by atoms with Crippen LogP contribution in [0.3, 0.4) is 0 Å². The second-order valence-electron chi connectivity index (χ2n) is 9.65. The van der Waals surface area contributed by atoms with Crippen molar-refractivity contribution in [2.24, 2.45) is 11.3 Å². The normalized spacial score (nSPS) is 19.5. The molecule has 0 spiro atoms. The fourth-order valence-electron chi connectivity index (χ4n) is 4.71. The van der Waals surface area contributed by atoms with E-state index in [1.807, 2.05) is 18.2 Å². The van der Waals surface area contributed by atoms with Crippen LogP contribution in [-0.2, 0) is 0 Å². The molecule has 2 unspecified atom stereocenters. The van der Waals surface area contributed by atoms with Crippen LogP contribution >= 0.6 is 0 Å². The molecule has 34 heavy (non-hydrogen) atoms. The number of nitrogens with two attached hydrogens (primary N) is 1. The van der Waals surface area contributed by atoms with Crippen molar-refractivity contribution in [2.45, 2.75) is 39.2 Å². The average molecular weight is 468 g/mol. The Hall–Kier alpha value is -3.62. The Labute approximate surface area is 197 Å². The van der Waals surface area contributed by atoms with Crippen LogP contribution in [0, 0.1) is 17.2 Å². The number of nitrogens with one attached hydrogen (secondary N) is 3. The molecule has 2 atom stereocenters. The number of halogens is 1. The molecule has 4 rings (SSSR count). The number of ether oxygens (including phenoxy) is 1. The number of pyridine rings is 1. The number of rotatable bonds is 6. The lowest BCUT2D eigenvalue weighted by atomic mass is 9.69. The first-order valence-corrected chi connectivity index (χ1v) is 11.3. The highest BCUT2D eigenvalue weighted by Gasteiger charge is 2.36. The lowest BCUT2D eigenvalue weighted by molar-refractivity contribution is 0.0820. The lowest BCUT2D eigenvalue weighted by Crippen LogP contribution is -2.49. The van der Waals surface area contributed by atoms with Gasteiger partial charge in [0.15, 0.2) is 5.82 Å². The summed E-state index contributed by atoms with van der Waals surface area (Å²) in [5.41, 5.74) is 6.86. The molecule has 1 aromatic carbocycles. The van der Waals surface area contributed by atoms with Gasteiger partial charge < -0.3 is 26.1 Å². The SMILES string of the molecule is COc1cccc2[nH]c(C(=O)NC3CCC(C)(C)CC3CNC(=O)c3cc(N)c(F)cn3)cc12. The molecule has 2 aromatic heterocycles. The average Bonchev–Trinajstić information content (AvgIpc) is 3.25. The zero-order valence-corrected chi connectivity index (χ0v) is 19.6. The molecule has 5 N–H and O–H groups in total. The number of carbonyl (C=O) groups excluding carboxylic acids is 2. The molecule has 2 amide bonds. The van der Waals surface area contributed by atoms with Crippen molar-refractivity contribution in [3.05, 3.63) is 53.7 Å². The van der Waals surface area contributed by atoms with Gasteiger partial charge in [-0.25, -0.2) is 9.37 Å². The summed E-state index contributed by atoms with van der Waals surface area (Å²) in [4.78, 5) is 32.6. The van der Waals surface area contributed by atoms with Crippen LogP contribution in [0.5, 0.6) is 5.75 Å². The van der Waals surface area contributed by atoms with Gasteiger partial charge in [-0.05, 0) is 54.9 Å². The van der Waals surface area contributed by atoms with Crippen molar-refractivity contribution in [1.82, 2.24) is 20.6 Å². The van der Waals surface area contributed by atoms with E-state index >= 15 is 0 Å². The number of carbonyl (C=O) groups is 2. The molecule has 1 saturated carbocycles. The summed E-state index contributed by atoms with van der Waals surface area (Å²) in [6.45, 7) is 4.73. The Morgan fingerprint density at radius 2 is 2.09 bits per heavy atom. The summed E-state index contributed by atoms with van der Waals surface area (Å²) < 4.78 is 18.8. The van der Waals surface area contributed by atoms with Gasteiger partial charge in [-0.1, -0.05) is 19.9 Å². The van der Waals surface area contributed by atoms with Crippen molar-refractivity contribution in [1.29, 1.82) is 0 Å². The second kappa shape index (κ2) is 9.32. The summed E-state index contributed by atoms with van der Waals surface area (Å²) >= 11 is 0. The number of methoxy groups -OCH3 is 1. The number of H-pyrrole nitrogens is 1. The third-order valence-electron chi connectivity index (χ3n) is 6.56. The molecule has 1 aliphatic rings. The van der Waals surface area contributed by atoms with Crippen molar-refractivity contribution < 1.29 is 18.7 Å². The molecule has 0 aliphatic heterocycles. The van der Waals surface area contributed by atoms with Crippen LogP contribution < -0.4 is 21.1 Å². The molecule has 0 saturated heterocycles. The van der Waals surface area contributed by atoms with Crippen LogP contribution in [0.4, 0.5) is 10.1 Å². The lowest BCUT2D eigenvalue weighted by Gasteiger charge is -2.41. The van der Waals surface area contributed by atoms with Crippen molar-refractivity contribution in [3.8, 4) is 5.75 Å². The number of nitrogens with zero attached hydrogens (tertiary/aromatic N) is 1. The molecule has 0 bridgehead atoms. The molecule has 0 radical (unpaired) electrons. The van der Waals surface area contributed by atoms with Gasteiger partial charge in [-0.3, -0.25) is 9.59 Å². The summed E-state index contributed by atoms with van der Waals surface area (Å²) in [5.74, 6) is -0.575. The zero-order chi connectivity index (χ0) is 24.5. The fourth-order valence-corrected chi connectivity index (χ4v) is 4.71. The van der Waals surface area contributed by atoms with Gasteiger partial charge in [0.05, 0.1) is 19.0 Å². The molecule has 1 fully saturated rings. The molecule has 9 heteroatoms.